The van der Waals surface area contributed by atoms with Crippen LogP contribution in [0.1, 0.15) is 31.7 Å². The van der Waals surface area contributed by atoms with E-state index in [1.165, 1.54) is 0 Å². The summed E-state index contributed by atoms with van der Waals surface area (Å²) in [5, 5.41) is 9.55. The minimum Gasteiger partial charge on any atom is -0.480 e. The Morgan fingerprint density at radius 3 is 2.63 bits per heavy atom. The van der Waals surface area contributed by atoms with E-state index in [-0.39, 0.29) is 5.78 Å². The third kappa shape index (κ3) is 2.40. The number of piperidine rings is 1. The molecular weight excluding hydrogens is 242 g/mol. The number of hydrogen-bond acceptors (Lipinski definition) is 3. The summed E-state index contributed by atoms with van der Waals surface area (Å²) in [6.07, 6.45) is 1.42. The highest BCUT2D eigenvalue weighted by Gasteiger charge is 2.50. The summed E-state index contributed by atoms with van der Waals surface area (Å²) in [6, 6.07) is 9.70. The van der Waals surface area contributed by atoms with Gasteiger partial charge in [0.15, 0.2) is 11.3 Å². The van der Waals surface area contributed by atoms with Crippen molar-refractivity contribution in [2.45, 2.75) is 38.3 Å². The number of aliphatic carboxylic acids is 1. The molecule has 0 spiro atoms. The molecule has 1 saturated heterocycles. The lowest BCUT2D eigenvalue weighted by atomic mass is 9.82. The monoisotopic (exact) mass is 261 g/mol. The van der Waals surface area contributed by atoms with Crippen molar-refractivity contribution in [1.82, 2.24) is 4.90 Å². The highest BCUT2D eigenvalue weighted by Crippen LogP contribution is 2.30. The number of hydrogen-bond donors (Lipinski definition) is 1. The minimum absolute atomic E-state index is 0.162. The number of carboxylic acid groups (broad SMARTS) is 1. The zero-order chi connectivity index (χ0) is 13.9. The van der Waals surface area contributed by atoms with Crippen LogP contribution in [0.2, 0.25) is 0 Å². The van der Waals surface area contributed by atoms with E-state index in [9.17, 15) is 14.7 Å². The van der Waals surface area contributed by atoms with Gasteiger partial charge in [0.05, 0.1) is 0 Å². The molecule has 1 aromatic carbocycles. The Bertz CT molecular complexity index is 472. The van der Waals surface area contributed by atoms with Gasteiger partial charge >= 0.3 is 5.97 Å². The predicted octanol–water partition coefficient (Wildman–Crippen LogP) is 2.08. The molecule has 1 heterocycles. The van der Waals surface area contributed by atoms with Crippen LogP contribution in [0.15, 0.2) is 30.3 Å². The molecule has 1 aromatic rings. The van der Waals surface area contributed by atoms with E-state index in [0.717, 1.165) is 12.0 Å². The zero-order valence-corrected chi connectivity index (χ0v) is 11.1. The minimum atomic E-state index is -1.34. The second-order valence-electron chi connectivity index (χ2n) is 4.95. The number of likely N-dealkylation sites (tertiary alicyclic amines) is 1. The third-order valence-corrected chi connectivity index (χ3v) is 3.91. The molecule has 4 nitrogen and oxygen atoms in total. The van der Waals surface area contributed by atoms with Crippen LogP contribution >= 0.6 is 0 Å². The number of benzene rings is 1. The van der Waals surface area contributed by atoms with Crippen LogP contribution in [0.3, 0.4) is 0 Å². The number of nitrogens with zero attached hydrogens (tertiary/aromatic N) is 1. The van der Waals surface area contributed by atoms with Gasteiger partial charge in [-0.05, 0) is 18.4 Å². The molecule has 1 aliphatic heterocycles. The Balaban J connectivity index is 2.30. The topological polar surface area (TPSA) is 57.6 Å². The lowest BCUT2D eigenvalue weighted by molar-refractivity contribution is -0.161. The molecule has 0 bridgehead atoms. The molecule has 0 amide bonds. The van der Waals surface area contributed by atoms with Gasteiger partial charge in [-0.2, -0.15) is 0 Å². The first-order chi connectivity index (χ1) is 9.11. The maximum Gasteiger partial charge on any atom is 0.331 e. The Kier molecular flexibility index (Phi) is 4.00. The average molecular weight is 261 g/mol. The molecule has 1 N–H and O–H groups in total. The molecule has 0 radical (unpaired) electrons. The standard InChI is InChI=1S/C15H19NO3/c1-2-15(14(18)19)13(17)9-6-10-16(15)11-12-7-4-3-5-8-12/h3-5,7-8H,2,6,9-11H2,1H3,(H,18,19)/t15-/m0/s1. The smallest absolute Gasteiger partial charge is 0.331 e. The van der Waals surface area contributed by atoms with Crippen molar-refractivity contribution in [1.29, 1.82) is 0 Å². The maximum absolute atomic E-state index is 12.2. The second-order valence-corrected chi connectivity index (χ2v) is 4.95. The van der Waals surface area contributed by atoms with Crippen molar-refractivity contribution in [3.05, 3.63) is 35.9 Å². The van der Waals surface area contributed by atoms with Gasteiger partial charge in [-0.1, -0.05) is 37.3 Å². The molecule has 0 saturated carbocycles. The Morgan fingerprint density at radius 2 is 2.05 bits per heavy atom. The summed E-state index contributed by atoms with van der Waals surface area (Å²) < 4.78 is 0. The largest absolute Gasteiger partial charge is 0.480 e. The fourth-order valence-electron chi connectivity index (χ4n) is 2.85. The summed E-state index contributed by atoms with van der Waals surface area (Å²) in [6.45, 7) is 2.93. The van der Waals surface area contributed by atoms with Gasteiger partial charge < -0.3 is 5.11 Å². The van der Waals surface area contributed by atoms with Crippen molar-refractivity contribution < 1.29 is 14.7 Å². The van der Waals surface area contributed by atoms with Crippen LogP contribution in [-0.4, -0.2) is 33.8 Å². The first-order valence-electron chi connectivity index (χ1n) is 6.67. The van der Waals surface area contributed by atoms with Crippen molar-refractivity contribution in [2.24, 2.45) is 0 Å². The average Bonchev–Trinajstić information content (AvgIpc) is 2.40. The van der Waals surface area contributed by atoms with E-state index >= 15 is 0 Å². The fraction of sp³-hybridized carbons (Fsp3) is 0.467. The molecule has 0 unspecified atom stereocenters. The number of ketones is 1. The van der Waals surface area contributed by atoms with Crippen molar-refractivity contribution in [3.8, 4) is 0 Å². The number of carbonyl (C=O) groups excluding carboxylic acids is 1. The van der Waals surface area contributed by atoms with E-state index < -0.39 is 11.5 Å². The molecule has 19 heavy (non-hydrogen) atoms. The summed E-state index contributed by atoms with van der Waals surface area (Å²) in [7, 11) is 0. The molecular formula is C15H19NO3. The van der Waals surface area contributed by atoms with Gasteiger partial charge in [0.1, 0.15) is 0 Å². The SMILES string of the molecule is CC[C@@]1(C(=O)O)C(=O)CCCN1Cc1ccccc1. The van der Waals surface area contributed by atoms with Gasteiger partial charge in [0, 0.05) is 19.5 Å². The normalized spacial score (nSPS) is 24.4. The predicted molar refractivity (Wildman–Crippen MR) is 71.8 cm³/mol. The van der Waals surface area contributed by atoms with Gasteiger partial charge in [0.25, 0.3) is 0 Å². The van der Waals surface area contributed by atoms with Crippen molar-refractivity contribution in [2.75, 3.05) is 6.54 Å². The molecule has 2 rings (SSSR count). The van der Waals surface area contributed by atoms with Crippen molar-refractivity contribution in [3.63, 3.8) is 0 Å². The summed E-state index contributed by atoms with van der Waals surface area (Å²) in [4.78, 5) is 25.6. The maximum atomic E-state index is 12.2. The highest BCUT2D eigenvalue weighted by molar-refractivity contribution is 6.08. The third-order valence-electron chi connectivity index (χ3n) is 3.91. The van der Waals surface area contributed by atoms with Gasteiger partial charge in [-0.15, -0.1) is 0 Å². The summed E-state index contributed by atoms with van der Waals surface area (Å²) >= 11 is 0. The van der Waals surface area contributed by atoms with Gasteiger partial charge in [0.2, 0.25) is 0 Å². The fourth-order valence-corrected chi connectivity index (χ4v) is 2.85. The van der Waals surface area contributed by atoms with Crippen LogP contribution in [0, 0.1) is 0 Å². The second kappa shape index (κ2) is 5.53. The molecule has 102 valence electrons. The van der Waals surface area contributed by atoms with Crippen LogP contribution in [0.4, 0.5) is 0 Å². The first-order valence-corrected chi connectivity index (χ1v) is 6.67. The molecule has 1 fully saturated rings. The molecule has 1 aliphatic rings. The van der Waals surface area contributed by atoms with Gasteiger partial charge in [-0.3, -0.25) is 9.69 Å². The molecule has 4 heteroatoms. The number of Topliss-reactive ketones (excluding diaryl/α,β-unsaturated/α-hetero) is 1. The van der Waals surface area contributed by atoms with Crippen LogP contribution in [-0.2, 0) is 16.1 Å². The Labute approximate surface area is 113 Å². The van der Waals surface area contributed by atoms with Crippen LogP contribution in [0.5, 0.6) is 0 Å². The van der Waals surface area contributed by atoms with Gasteiger partial charge in [-0.25, -0.2) is 4.79 Å². The summed E-state index contributed by atoms with van der Waals surface area (Å²) in [5.41, 5.74) is -0.301. The van der Waals surface area contributed by atoms with E-state index in [0.29, 0.717) is 25.9 Å². The lowest BCUT2D eigenvalue weighted by Crippen LogP contribution is -2.62. The Morgan fingerprint density at radius 1 is 1.37 bits per heavy atom. The highest BCUT2D eigenvalue weighted by atomic mass is 16.4. The van der Waals surface area contributed by atoms with E-state index in [4.69, 9.17) is 0 Å². The zero-order valence-electron chi connectivity index (χ0n) is 11.1. The lowest BCUT2D eigenvalue weighted by Gasteiger charge is -2.42. The number of rotatable bonds is 4. The Hall–Kier alpha value is -1.68. The van der Waals surface area contributed by atoms with Crippen molar-refractivity contribution >= 4 is 11.8 Å². The quantitative estimate of drug-likeness (QED) is 0.843. The number of carbonyl (C=O) groups is 2. The molecule has 0 aromatic heterocycles. The number of carboxylic acids is 1. The van der Waals surface area contributed by atoms with E-state index in [1.54, 1.807) is 6.92 Å². The van der Waals surface area contributed by atoms with Crippen LogP contribution < -0.4 is 0 Å². The molecule has 0 aliphatic carbocycles. The van der Waals surface area contributed by atoms with Crippen LogP contribution in [0.25, 0.3) is 0 Å². The first kappa shape index (κ1) is 13.7. The summed E-state index contributed by atoms with van der Waals surface area (Å²) in [5.74, 6) is -1.18. The molecule has 1 atom stereocenters. The van der Waals surface area contributed by atoms with E-state index in [2.05, 4.69) is 0 Å². The van der Waals surface area contributed by atoms with E-state index in [1.807, 2.05) is 35.2 Å².